The molecule has 26 heavy (non-hydrogen) atoms. The average molecular weight is 350 g/mol. The van der Waals surface area contributed by atoms with Crippen molar-refractivity contribution in [2.24, 2.45) is 5.92 Å². The van der Waals surface area contributed by atoms with Crippen molar-refractivity contribution in [3.05, 3.63) is 60.7 Å². The number of amides is 1. The van der Waals surface area contributed by atoms with Crippen molar-refractivity contribution in [2.75, 3.05) is 7.05 Å². The van der Waals surface area contributed by atoms with E-state index in [1.807, 2.05) is 48.7 Å². The number of fused-ring (bicyclic) bond motifs is 1. The first-order valence-corrected chi connectivity index (χ1v) is 8.84. The van der Waals surface area contributed by atoms with Crippen molar-refractivity contribution < 1.29 is 4.79 Å². The molecule has 2 atom stereocenters. The lowest BCUT2D eigenvalue weighted by Gasteiger charge is -2.31. The van der Waals surface area contributed by atoms with Crippen LogP contribution in [0, 0.1) is 5.92 Å². The molecule has 1 aliphatic rings. The van der Waals surface area contributed by atoms with Crippen molar-refractivity contribution in [3.63, 3.8) is 0 Å². The van der Waals surface area contributed by atoms with E-state index in [0.717, 1.165) is 36.3 Å². The minimum absolute atomic E-state index is 0.0131. The van der Waals surface area contributed by atoms with Gasteiger partial charge in [0, 0.05) is 37.8 Å². The topological polar surface area (TPSA) is 68.8 Å². The quantitative estimate of drug-likeness (QED) is 0.724. The Bertz CT molecular complexity index is 883. The zero-order chi connectivity index (χ0) is 18.1. The smallest absolute Gasteiger partial charge is 0.226 e. The Balaban J connectivity index is 1.45. The third-order valence-corrected chi connectivity index (χ3v) is 5.31. The maximum absolute atomic E-state index is 13.0. The van der Waals surface area contributed by atoms with Crippen LogP contribution in [0.3, 0.4) is 0 Å². The molecule has 7 heteroatoms. The second-order valence-electron chi connectivity index (χ2n) is 6.82. The second kappa shape index (κ2) is 6.74. The fraction of sp³-hybridized carbons (Fsp3) is 0.368. The van der Waals surface area contributed by atoms with Gasteiger partial charge in [-0.15, -0.1) is 0 Å². The summed E-state index contributed by atoms with van der Waals surface area (Å²) in [6, 6.07) is 8.10. The van der Waals surface area contributed by atoms with Gasteiger partial charge in [-0.3, -0.25) is 4.79 Å². The van der Waals surface area contributed by atoms with E-state index >= 15 is 0 Å². The number of hydrogen-bond acceptors (Lipinski definition) is 4. The lowest BCUT2D eigenvalue weighted by atomic mass is 9.94. The number of carbonyl (C=O) groups is 1. The summed E-state index contributed by atoms with van der Waals surface area (Å²) in [5, 5.41) is 4.13. The maximum atomic E-state index is 13.0. The summed E-state index contributed by atoms with van der Waals surface area (Å²) in [6.45, 7) is 2.93. The third kappa shape index (κ3) is 3.00. The molecule has 0 saturated heterocycles. The number of benzene rings is 1. The van der Waals surface area contributed by atoms with E-state index in [0.29, 0.717) is 0 Å². The molecular formula is C19H22N6O. The molecule has 7 nitrogen and oxygen atoms in total. The SMILES string of the molecule is C[C@@H](c1ccc(-n2cncn2)cc1)N(C)C(=O)[C@H]1CCn2cncc2C1. The van der Waals surface area contributed by atoms with Gasteiger partial charge in [0.05, 0.1) is 18.1 Å². The fourth-order valence-electron chi connectivity index (χ4n) is 3.53. The second-order valence-corrected chi connectivity index (χ2v) is 6.82. The number of rotatable bonds is 4. The fourth-order valence-corrected chi connectivity index (χ4v) is 3.53. The predicted molar refractivity (Wildman–Crippen MR) is 96.6 cm³/mol. The number of imidazole rings is 1. The molecule has 0 aliphatic carbocycles. The number of hydrogen-bond donors (Lipinski definition) is 0. The highest BCUT2D eigenvalue weighted by atomic mass is 16.2. The molecule has 0 unspecified atom stereocenters. The van der Waals surface area contributed by atoms with Gasteiger partial charge in [-0.25, -0.2) is 14.6 Å². The van der Waals surface area contributed by atoms with E-state index in [1.54, 1.807) is 11.0 Å². The molecule has 0 spiro atoms. The van der Waals surface area contributed by atoms with Gasteiger partial charge in [-0.1, -0.05) is 12.1 Å². The van der Waals surface area contributed by atoms with Crippen molar-refractivity contribution in [2.45, 2.75) is 32.4 Å². The lowest BCUT2D eigenvalue weighted by molar-refractivity contribution is -0.136. The molecule has 2 aromatic heterocycles. The van der Waals surface area contributed by atoms with Crippen LogP contribution in [0.4, 0.5) is 0 Å². The van der Waals surface area contributed by atoms with Gasteiger partial charge in [0.1, 0.15) is 12.7 Å². The third-order valence-electron chi connectivity index (χ3n) is 5.31. The van der Waals surface area contributed by atoms with Crippen molar-refractivity contribution in [3.8, 4) is 5.69 Å². The zero-order valence-electron chi connectivity index (χ0n) is 15.0. The van der Waals surface area contributed by atoms with Crippen molar-refractivity contribution in [1.29, 1.82) is 0 Å². The summed E-state index contributed by atoms with van der Waals surface area (Å²) < 4.78 is 3.85. The molecule has 0 radical (unpaired) electrons. The largest absolute Gasteiger partial charge is 0.339 e. The summed E-state index contributed by atoms with van der Waals surface area (Å²) in [6.07, 6.45) is 8.53. The van der Waals surface area contributed by atoms with Crippen LogP contribution in [0.25, 0.3) is 5.69 Å². The molecule has 0 N–H and O–H groups in total. The van der Waals surface area contributed by atoms with E-state index in [1.165, 1.54) is 6.33 Å². The Morgan fingerprint density at radius 2 is 2.04 bits per heavy atom. The van der Waals surface area contributed by atoms with Crippen LogP contribution in [0.15, 0.2) is 49.4 Å². The van der Waals surface area contributed by atoms with E-state index in [2.05, 4.69) is 26.6 Å². The van der Waals surface area contributed by atoms with E-state index < -0.39 is 0 Å². The Morgan fingerprint density at radius 1 is 1.23 bits per heavy atom. The highest BCUT2D eigenvalue weighted by Crippen LogP contribution is 2.26. The highest BCUT2D eigenvalue weighted by molar-refractivity contribution is 5.79. The van der Waals surface area contributed by atoms with Gasteiger partial charge in [-0.05, 0) is 31.0 Å². The molecule has 1 aliphatic heterocycles. The van der Waals surface area contributed by atoms with Crippen LogP contribution in [0.2, 0.25) is 0 Å². The summed E-state index contributed by atoms with van der Waals surface area (Å²) >= 11 is 0. The summed E-state index contributed by atoms with van der Waals surface area (Å²) in [7, 11) is 1.89. The molecule has 0 fully saturated rings. The molecule has 4 rings (SSSR count). The lowest BCUT2D eigenvalue weighted by Crippen LogP contribution is -2.38. The highest BCUT2D eigenvalue weighted by Gasteiger charge is 2.29. The zero-order valence-corrected chi connectivity index (χ0v) is 15.0. The van der Waals surface area contributed by atoms with Crippen molar-refractivity contribution >= 4 is 5.91 Å². The van der Waals surface area contributed by atoms with Gasteiger partial charge in [-0.2, -0.15) is 5.10 Å². The van der Waals surface area contributed by atoms with Crippen LogP contribution >= 0.6 is 0 Å². The predicted octanol–water partition coefficient (Wildman–Crippen LogP) is 2.25. The standard InChI is InChI=1S/C19H22N6O/c1-14(15-3-5-17(6-4-15)25-13-21-11-22-25)23(2)19(26)16-7-8-24-12-20-10-18(24)9-16/h3-6,10-14,16H,7-9H2,1-2H3/t14-,16-/m0/s1. The minimum Gasteiger partial charge on any atom is -0.339 e. The number of aromatic nitrogens is 5. The van der Waals surface area contributed by atoms with E-state index in [4.69, 9.17) is 0 Å². The van der Waals surface area contributed by atoms with Crippen molar-refractivity contribution in [1.82, 2.24) is 29.2 Å². The van der Waals surface area contributed by atoms with E-state index in [9.17, 15) is 4.79 Å². The molecule has 3 aromatic rings. The van der Waals surface area contributed by atoms with Gasteiger partial charge in [0.2, 0.25) is 5.91 Å². The summed E-state index contributed by atoms with van der Waals surface area (Å²) in [4.78, 5) is 23.0. The molecule has 0 saturated carbocycles. The Hall–Kier alpha value is -2.96. The molecule has 1 aromatic carbocycles. The van der Waals surface area contributed by atoms with Gasteiger partial charge >= 0.3 is 0 Å². The summed E-state index contributed by atoms with van der Waals surface area (Å²) in [5.74, 6) is 0.228. The Labute approximate surface area is 152 Å². The first-order valence-electron chi connectivity index (χ1n) is 8.84. The van der Waals surface area contributed by atoms with Gasteiger partial charge in [0.25, 0.3) is 0 Å². The van der Waals surface area contributed by atoms with Crippen LogP contribution in [0.1, 0.15) is 30.6 Å². The van der Waals surface area contributed by atoms with Crippen LogP contribution in [0.5, 0.6) is 0 Å². The molecular weight excluding hydrogens is 328 g/mol. The van der Waals surface area contributed by atoms with Crippen LogP contribution < -0.4 is 0 Å². The van der Waals surface area contributed by atoms with Gasteiger partial charge < -0.3 is 9.47 Å². The minimum atomic E-state index is 0.0131. The number of carbonyl (C=O) groups excluding carboxylic acids is 1. The molecule has 1 amide bonds. The van der Waals surface area contributed by atoms with E-state index in [-0.39, 0.29) is 17.9 Å². The Morgan fingerprint density at radius 3 is 2.77 bits per heavy atom. The normalized spacial score (nSPS) is 17.5. The van der Waals surface area contributed by atoms with Crippen LogP contribution in [-0.4, -0.2) is 42.2 Å². The number of nitrogens with zero attached hydrogens (tertiary/aromatic N) is 6. The molecule has 3 heterocycles. The first kappa shape index (κ1) is 16.5. The van der Waals surface area contributed by atoms with Gasteiger partial charge in [0.15, 0.2) is 0 Å². The average Bonchev–Trinajstić information content (AvgIpc) is 3.37. The first-order chi connectivity index (χ1) is 12.6. The Kier molecular flexibility index (Phi) is 4.28. The monoisotopic (exact) mass is 350 g/mol. The molecule has 134 valence electrons. The maximum Gasteiger partial charge on any atom is 0.226 e. The van der Waals surface area contributed by atoms with Crippen LogP contribution in [-0.2, 0) is 17.8 Å². The number of aryl methyl sites for hydroxylation is 1. The summed E-state index contributed by atoms with van der Waals surface area (Å²) in [5.41, 5.74) is 3.20. The molecule has 0 bridgehead atoms.